The Morgan fingerprint density at radius 3 is 2.63 bits per heavy atom. The molecule has 27 heavy (non-hydrogen) atoms. The molecule has 2 aliphatic heterocycles. The van der Waals surface area contributed by atoms with E-state index in [1.165, 1.54) is 0 Å². The van der Waals surface area contributed by atoms with Crippen molar-refractivity contribution in [2.45, 2.75) is 6.54 Å². The summed E-state index contributed by atoms with van der Waals surface area (Å²) in [6.07, 6.45) is 1.94. The molecule has 7 nitrogen and oxygen atoms in total. The van der Waals surface area contributed by atoms with Gasteiger partial charge in [0, 0.05) is 37.1 Å². The number of morpholine rings is 1. The molecule has 0 amide bonds. The molecule has 0 radical (unpaired) electrons. The quantitative estimate of drug-likeness (QED) is 0.766. The minimum Gasteiger partial charge on any atom is -0.486 e. The van der Waals surface area contributed by atoms with Crippen LogP contribution in [-0.4, -0.2) is 53.8 Å². The topological polar surface area (TPSA) is 74.2 Å². The number of aromatic nitrogens is 2. The highest BCUT2D eigenvalue weighted by Gasteiger charge is 2.21. The Morgan fingerprint density at radius 2 is 1.78 bits per heavy atom. The minimum absolute atomic E-state index is 0.568. The van der Waals surface area contributed by atoms with Crippen LogP contribution >= 0.6 is 0 Å². The van der Waals surface area contributed by atoms with Crippen molar-refractivity contribution in [2.24, 2.45) is 0 Å². The van der Waals surface area contributed by atoms with Crippen molar-refractivity contribution < 1.29 is 14.2 Å². The number of ether oxygens (including phenoxy) is 3. The molecule has 0 unspecified atom stereocenters. The van der Waals surface area contributed by atoms with Crippen molar-refractivity contribution in [1.82, 2.24) is 14.3 Å². The summed E-state index contributed by atoms with van der Waals surface area (Å²) in [5.41, 5.74) is 10.7. The van der Waals surface area contributed by atoms with Crippen LogP contribution < -0.4 is 15.2 Å². The van der Waals surface area contributed by atoms with Gasteiger partial charge >= 0.3 is 0 Å². The number of nitrogen functional groups attached to an aromatic ring is 1. The number of benzene rings is 1. The highest BCUT2D eigenvalue weighted by Crippen LogP contribution is 2.36. The van der Waals surface area contributed by atoms with E-state index in [1.807, 2.05) is 36.5 Å². The predicted molar refractivity (Wildman–Crippen MR) is 102 cm³/mol. The number of imidazole rings is 1. The molecular weight excluding hydrogens is 344 g/mol. The largest absolute Gasteiger partial charge is 0.486 e. The molecule has 0 atom stereocenters. The van der Waals surface area contributed by atoms with Gasteiger partial charge in [-0.3, -0.25) is 4.90 Å². The van der Waals surface area contributed by atoms with Gasteiger partial charge in [-0.15, -0.1) is 0 Å². The smallest absolute Gasteiger partial charge is 0.162 e. The summed E-state index contributed by atoms with van der Waals surface area (Å²) >= 11 is 0. The summed E-state index contributed by atoms with van der Waals surface area (Å²) in [5, 5.41) is 0. The molecule has 5 rings (SSSR count). The van der Waals surface area contributed by atoms with Gasteiger partial charge in [0.25, 0.3) is 0 Å². The van der Waals surface area contributed by atoms with Gasteiger partial charge in [-0.25, -0.2) is 4.98 Å². The lowest BCUT2D eigenvalue weighted by atomic mass is 10.1. The summed E-state index contributed by atoms with van der Waals surface area (Å²) in [6, 6.07) is 9.86. The lowest BCUT2D eigenvalue weighted by Gasteiger charge is -2.26. The fraction of sp³-hybridized carbons (Fsp3) is 0.350. The van der Waals surface area contributed by atoms with Gasteiger partial charge in [0.05, 0.1) is 24.6 Å². The monoisotopic (exact) mass is 366 g/mol. The van der Waals surface area contributed by atoms with Gasteiger partial charge in [-0.1, -0.05) is 0 Å². The second-order valence-corrected chi connectivity index (χ2v) is 6.84. The molecule has 1 aromatic carbocycles. The van der Waals surface area contributed by atoms with E-state index in [-0.39, 0.29) is 0 Å². The van der Waals surface area contributed by atoms with Gasteiger partial charge in [-0.05, 0) is 30.3 Å². The second kappa shape index (κ2) is 6.75. The maximum atomic E-state index is 6.05. The number of anilines is 1. The summed E-state index contributed by atoms with van der Waals surface area (Å²) < 4.78 is 19.0. The van der Waals surface area contributed by atoms with Crippen LogP contribution in [0.3, 0.4) is 0 Å². The molecule has 1 fully saturated rings. The van der Waals surface area contributed by atoms with Gasteiger partial charge in [0.1, 0.15) is 18.9 Å². The van der Waals surface area contributed by atoms with Crippen LogP contribution in [0.25, 0.3) is 16.9 Å². The average Bonchev–Trinajstić information content (AvgIpc) is 3.06. The van der Waals surface area contributed by atoms with Crippen molar-refractivity contribution >= 4 is 11.3 Å². The Kier molecular flexibility index (Phi) is 4.10. The molecule has 4 heterocycles. The molecule has 2 N–H and O–H groups in total. The standard InChI is InChI=1S/C20H22N4O3/c21-15-2-4-19-22-20(14-1-3-17-18(11-14)27-10-9-26-17)16(24(19)12-15)13-23-5-7-25-8-6-23/h1-4,11-12H,5-10,13,21H2. The van der Waals surface area contributed by atoms with Crippen LogP contribution in [0.5, 0.6) is 11.5 Å². The number of nitrogens with zero attached hydrogens (tertiary/aromatic N) is 3. The molecule has 140 valence electrons. The molecule has 0 aliphatic carbocycles. The van der Waals surface area contributed by atoms with Crippen LogP contribution in [0.4, 0.5) is 5.69 Å². The number of fused-ring (bicyclic) bond motifs is 2. The third kappa shape index (κ3) is 3.09. The first-order chi connectivity index (χ1) is 13.3. The van der Waals surface area contributed by atoms with Crippen molar-refractivity contribution in [3.05, 3.63) is 42.2 Å². The maximum Gasteiger partial charge on any atom is 0.162 e. The lowest BCUT2D eigenvalue weighted by molar-refractivity contribution is 0.0336. The molecule has 7 heteroatoms. The minimum atomic E-state index is 0.568. The van der Waals surface area contributed by atoms with Crippen molar-refractivity contribution in [1.29, 1.82) is 0 Å². The summed E-state index contributed by atoms with van der Waals surface area (Å²) in [7, 11) is 0. The Labute approximate surface area is 157 Å². The zero-order valence-corrected chi connectivity index (χ0v) is 15.1. The van der Waals surface area contributed by atoms with Gasteiger partial charge < -0.3 is 24.3 Å². The SMILES string of the molecule is Nc1ccc2nc(-c3ccc4c(c3)OCCO4)c(CN3CCOCC3)n2c1. The first-order valence-corrected chi connectivity index (χ1v) is 9.24. The second-order valence-electron chi connectivity index (χ2n) is 6.84. The number of hydrogen-bond acceptors (Lipinski definition) is 6. The van der Waals surface area contributed by atoms with Crippen molar-refractivity contribution in [3.8, 4) is 22.8 Å². The Balaban J connectivity index is 1.61. The fourth-order valence-electron chi connectivity index (χ4n) is 3.65. The highest BCUT2D eigenvalue weighted by molar-refractivity contribution is 5.70. The fourth-order valence-corrected chi connectivity index (χ4v) is 3.65. The first-order valence-electron chi connectivity index (χ1n) is 9.24. The third-order valence-electron chi connectivity index (χ3n) is 5.03. The van der Waals surface area contributed by atoms with Gasteiger partial charge in [-0.2, -0.15) is 0 Å². The van der Waals surface area contributed by atoms with E-state index in [1.54, 1.807) is 0 Å². The van der Waals surface area contributed by atoms with Crippen LogP contribution in [0.15, 0.2) is 36.5 Å². The van der Waals surface area contributed by atoms with E-state index in [2.05, 4.69) is 9.30 Å². The molecular formula is C20H22N4O3. The van der Waals surface area contributed by atoms with Crippen LogP contribution in [0, 0.1) is 0 Å². The van der Waals surface area contributed by atoms with E-state index in [4.69, 9.17) is 24.9 Å². The van der Waals surface area contributed by atoms with E-state index in [9.17, 15) is 0 Å². The molecule has 2 aliphatic rings. The third-order valence-corrected chi connectivity index (χ3v) is 5.03. The number of nitrogens with two attached hydrogens (primary N) is 1. The van der Waals surface area contributed by atoms with Crippen molar-refractivity contribution in [2.75, 3.05) is 45.3 Å². The summed E-state index contributed by atoms with van der Waals surface area (Å²) in [4.78, 5) is 7.28. The average molecular weight is 366 g/mol. The van der Waals surface area contributed by atoms with E-state index in [0.29, 0.717) is 13.2 Å². The first kappa shape index (κ1) is 16.4. The summed E-state index contributed by atoms with van der Waals surface area (Å²) in [6.45, 7) is 5.29. The Hall–Kier alpha value is -2.77. The Bertz CT molecular complexity index is 979. The normalized spacial score (nSPS) is 17.3. The van der Waals surface area contributed by atoms with E-state index < -0.39 is 0 Å². The Morgan fingerprint density at radius 1 is 0.963 bits per heavy atom. The molecule has 2 aromatic heterocycles. The molecule has 1 saturated heterocycles. The van der Waals surface area contributed by atoms with Gasteiger partial charge in [0.2, 0.25) is 0 Å². The maximum absolute atomic E-state index is 6.05. The van der Waals surface area contributed by atoms with Gasteiger partial charge in [0.15, 0.2) is 11.5 Å². The zero-order chi connectivity index (χ0) is 18.2. The predicted octanol–water partition coefficient (Wildman–Crippen LogP) is 2.19. The van der Waals surface area contributed by atoms with Crippen LogP contribution in [-0.2, 0) is 11.3 Å². The van der Waals surface area contributed by atoms with E-state index in [0.717, 1.165) is 72.6 Å². The summed E-state index contributed by atoms with van der Waals surface area (Å²) in [5.74, 6) is 1.56. The van der Waals surface area contributed by atoms with Crippen molar-refractivity contribution in [3.63, 3.8) is 0 Å². The highest BCUT2D eigenvalue weighted by atomic mass is 16.6. The molecule has 0 spiro atoms. The molecule has 0 saturated carbocycles. The lowest BCUT2D eigenvalue weighted by Crippen LogP contribution is -2.36. The number of rotatable bonds is 3. The molecule has 3 aromatic rings. The number of hydrogen-bond donors (Lipinski definition) is 1. The number of pyridine rings is 1. The molecule has 0 bridgehead atoms. The zero-order valence-electron chi connectivity index (χ0n) is 15.1. The van der Waals surface area contributed by atoms with E-state index >= 15 is 0 Å². The van der Waals surface area contributed by atoms with Crippen LogP contribution in [0.2, 0.25) is 0 Å². The van der Waals surface area contributed by atoms with Crippen LogP contribution in [0.1, 0.15) is 5.69 Å².